The van der Waals surface area contributed by atoms with Crippen molar-refractivity contribution in [3.05, 3.63) is 263 Å². The van der Waals surface area contributed by atoms with Crippen LogP contribution in [0.3, 0.4) is 0 Å². The molecule has 0 fully saturated rings. The Labute approximate surface area is 628 Å². The zero-order valence-electron chi connectivity index (χ0n) is 52.2. The fourth-order valence-electron chi connectivity index (χ4n) is 10.3. The van der Waals surface area contributed by atoms with Crippen molar-refractivity contribution in [3.63, 3.8) is 0 Å². The Morgan fingerprint density at radius 2 is 0.736 bits per heavy atom. The standard InChI is InChI=1S/C17H16.C16H15ClO2.C16H13Cl.C14H7ClO2.C4H9.CH5BO2.CH4.HI.K.Li.Na.O2P.H2P.H/c1-11-8-9-16-12(2)14-6-4-5-7-15(14)13(3)17(16)10-11;1-15(18)11-5-3-4-6-12(11)16(2,19)14-9-10(17)7-8-13(14)15;1-10-13-5-3-4-6-14(13)11(2)16-9-12(17)7-8-15(10)16;15-8-5-6-11-12(7-8)14(17)10-4-2-1-3-9(10)13(11)16;1-4(2)3;1-2(3)4;;;;;;1-3-2;;/h4-10H,1-3H3;3-9,18-19H,1-2H3;3-9H,1-2H3;1-7H;1-3H3;3-4H,1H3;1H4;1H;;;;;1H2;/q;;;;-1;;;;4*+1;2*-1/p-1. The van der Waals surface area contributed by atoms with E-state index in [0.717, 1.165) is 16.1 Å². The van der Waals surface area contributed by atoms with E-state index in [9.17, 15) is 19.8 Å². The van der Waals surface area contributed by atoms with Crippen molar-refractivity contribution in [1.29, 1.82) is 0 Å². The summed E-state index contributed by atoms with van der Waals surface area (Å²) >= 11 is 18.0. The van der Waals surface area contributed by atoms with Gasteiger partial charge in [0.15, 0.2) is 11.6 Å². The molecule has 0 amide bonds. The second kappa shape index (κ2) is 38.1. The van der Waals surface area contributed by atoms with E-state index in [1.54, 1.807) is 74.5 Å². The first-order chi connectivity index (χ1) is 38.3. The van der Waals surface area contributed by atoms with Gasteiger partial charge in [0.1, 0.15) is 11.2 Å². The Morgan fingerprint density at radius 3 is 1.17 bits per heavy atom. The minimum absolute atomic E-state index is 0. The Morgan fingerprint density at radius 1 is 0.460 bits per heavy atom. The van der Waals surface area contributed by atoms with E-state index in [1.165, 1.54) is 83.6 Å². The molecule has 0 heterocycles. The summed E-state index contributed by atoms with van der Waals surface area (Å²) in [5, 5.41) is 49.5. The van der Waals surface area contributed by atoms with Crippen LogP contribution < -0.4 is 124 Å². The summed E-state index contributed by atoms with van der Waals surface area (Å²) in [7, 11) is -2.25. The van der Waals surface area contributed by atoms with Crippen LogP contribution >= 0.6 is 53.0 Å². The van der Waals surface area contributed by atoms with Crippen molar-refractivity contribution in [3.8, 4) is 0 Å². The normalized spacial score (nSPS) is 14.1. The summed E-state index contributed by atoms with van der Waals surface area (Å²) in [6.07, 6.45) is 0. The van der Waals surface area contributed by atoms with Crippen LogP contribution in [-0.2, 0) is 20.3 Å². The molecule has 2 aliphatic carbocycles. The fraction of sp³-hybridized carbons (Fsp3) is 0.203. The molecule has 2 aliphatic rings. The molecule has 10 aromatic carbocycles. The molecule has 2 atom stereocenters. The molecule has 2 unspecified atom stereocenters. The third-order valence-corrected chi connectivity index (χ3v) is 14.8. The average molecular weight is 1400 g/mol. The Hall–Kier alpha value is -2.22. The van der Waals surface area contributed by atoms with Gasteiger partial charge in [-0.25, -0.2) is 0 Å². The van der Waals surface area contributed by atoms with Crippen LogP contribution in [0, 0.1) is 40.5 Å². The maximum absolute atomic E-state index is 12.2. The molecule has 0 radical (unpaired) electrons. The number of rotatable bonds is 0. The van der Waals surface area contributed by atoms with Crippen molar-refractivity contribution < 1.29 is 164 Å². The van der Waals surface area contributed by atoms with E-state index in [-0.39, 0.29) is 154 Å². The molecule has 0 aromatic heterocycles. The number of fused-ring (bicyclic) bond motifs is 8. The van der Waals surface area contributed by atoms with Crippen molar-refractivity contribution in [2.75, 3.05) is 0 Å². The van der Waals surface area contributed by atoms with Crippen LogP contribution in [0.2, 0.25) is 21.9 Å². The summed E-state index contributed by atoms with van der Waals surface area (Å²) < 4.78 is 16.7. The molecule has 12 rings (SSSR count). The van der Waals surface area contributed by atoms with Gasteiger partial charge >= 0.3 is 124 Å². The molecular formula is C69H72BCl3IKLiNaO8P2. The van der Waals surface area contributed by atoms with Crippen LogP contribution in [-0.4, -0.2) is 38.9 Å². The van der Waals surface area contributed by atoms with Gasteiger partial charge in [-0.2, -0.15) is 20.8 Å². The number of halogens is 4. The van der Waals surface area contributed by atoms with E-state index >= 15 is 0 Å². The van der Waals surface area contributed by atoms with E-state index < -0.39 is 26.7 Å². The van der Waals surface area contributed by atoms with Gasteiger partial charge in [-0.1, -0.05) is 175 Å². The van der Waals surface area contributed by atoms with Crippen molar-refractivity contribution in [1.82, 2.24) is 0 Å². The molecule has 18 heteroatoms. The molecule has 440 valence electrons. The predicted molar refractivity (Wildman–Crippen MR) is 354 cm³/mol. The first kappa shape index (κ1) is 84.8. The Balaban J connectivity index is 0. The average Bonchev–Trinajstić information content (AvgIpc) is 0.765. The van der Waals surface area contributed by atoms with Gasteiger partial charge in [-0.3, -0.25) is 9.59 Å². The topological polar surface area (TPSA) is 149 Å². The number of aryl methyl sites for hydroxylation is 5. The largest absolute Gasteiger partial charge is 1.00 e. The number of carbonyl (C=O) groups excluding carboxylic acids is 2. The number of ketones is 2. The molecule has 0 aliphatic heterocycles. The molecule has 87 heavy (non-hydrogen) atoms. The van der Waals surface area contributed by atoms with Crippen LogP contribution in [0.15, 0.2) is 170 Å². The maximum Gasteiger partial charge on any atom is 1.00 e. The maximum atomic E-state index is 12.2. The van der Waals surface area contributed by atoms with Gasteiger partial charge in [0, 0.05) is 37.3 Å². The summed E-state index contributed by atoms with van der Waals surface area (Å²) in [6.45, 7) is 22.0. The minimum Gasteiger partial charge on any atom is -1.00 e. The minimum atomic E-state index is -1.17. The molecule has 0 saturated carbocycles. The van der Waals surface area contributed by atoms with E-state index in [0.29, 0.717) is 43.4 Å². The third-order valence-electron chi connectivity index (χ3n) is 14.1. The molecular weight excluding hydrogens is 1330 g/mol. The summed E-state index contributed by atoms with van der Waals surface area (Å²) in [6, 6.07) is 54.4. The van der Waals surface area contributed by atoms with Gasteiger partial charge in [0.25, 0.3) is 0 Å². The molecule has 0 spiro atoms. The van der Waals surface area contributed by atoms with Crippen molar-refractivity contribution in [2.24, 2.45) is 0 Å². The first-order valence-corrected chi connectivity index (χ1v) is 28.0. The molecule has 0 bridgehead atoms. The Kier molecular flexibility index (Phi) is 37.1. The molecule has 10 aromatic rings. The molecule has 4 N–H and O–H groups in total. The van der Waals surface area contributed by atoms with Gasteiger partial charge in [-0.05, 0) is 185 Å². The van der Waals surface area contributed by atoms with Crippen LogP contribution in [0.5, 0.6) is 0 Å². The fourth-order valence-corrected chi connectivity index (χ4v) is 10.9. The van der Waals surface area contributed by atoms with Crippen molar-refractivity contribution in [2.45, 2.75) is 94.7 Å². The zero-order valence-corrected chi connectivity index (χ0v) is 62.8. The number of aliphatic hydroxyl groups is 2. The van der Waals surface area contributed by atoms with E-state index in [4.69, 9.17) is 54.0 Å². The number of hydrogen-bond acceptors (Lipinski definition) is 8. The van der Waals surface area contributed by atoms with Gasteiger partial charge in [-0.15, -0.1) is 0 Å². The quantitative estimate of drug-likeness (QED) is 0.0423. The first-order valence-electron chi connectivity index (χ1n) is 26.1. The predicted octanol–water partition coefficient (Wildman–Crippen LogP) is 6.89. The van der Waals surface area contributed by atoms with Crippen molar-refractivity contribution >= 4 is 115 Å². The smallest absolute Gasteiger partial charge is 1.00 e. The second-order valence-corrected chi connectivity index (χ2v) is 22.3. The number of hydrogen-bond donors (Lipinski definition) is 4. The summed E-state index contributed by atoms with van der Waals surface area (Å²) in [5.74, 6) is 1.16. The van der Waals surface area contributed by atoms with Crippen LogP contribution in [0.25, 0.3) is 43.1 Å². The summed E-state index contributed by atoms with van der Waals surface area (Å²) in [5.41, 5.74) is 9.01. The van der Waals surface area contributed by atoms with Gasteiger partial charge < -0.3 is 61.5 Å². The Bertz CT molecular complexity index is 3900. The van der Waals surface area contributed by atoms with Gasteiger partial charge in [0.2, 0.25) is 0 Å². The third kappa shape index (κ3) is 20.4. The SMILES string of the molecule is C.CB(O)O.CC1(O)c2ccccc2C(C)(O)c2cc(Cl)ccc21.C[C-](C)C.Cc1c2ccccc2c(C)c2cc(Cl)ccc12.Cc1ccc2c(C)c3ccccc3c(C)c2c1.O=C1c2ccccc2C(=O)c2cc(Cl)ccc21.O=[P+]=O.[H-].[I-].[K+].[Li+].[Na+].[PH2-]. The van der Waals surface area contributed by atoms with Crippen LogP contribution in [0.1, 0.15) is 125 Å². The molecule has 8 nitrogen and oxygen atoms in total. The summed E-state index contributed by atoms with van der Waals surface area (Å²) in [4.78, 5) is 24.4. The molecule has 0 saturated heterocycles. The monoisotopic (exact) mass is 1400 g/mol. The zero-order chi connectivity index (χ0) is 59.7. The second-order valence-electron chi connectivity index (χ2n) is 20.8. The van der Waals surface area contributed by atoms with E-state index in [1.807, 2.05) is 30.3 Å². The van der Waals surface area contributed by atoms with E-state index in [2.05, 4.69) is 134 Å². The van der Waals surface area contributed by atoms with Crippen LogP contribution in [0.4, 0.5) is 0 Å². The number of carbonyl (C=O) groups is 2. The van der Waals surface area contributed by atoms with Gasteiger partial charge in [0.05, 0.1) is 0 Å². The number of benzene rings is 10.